The van der Waals surface area contributed by atoms with Gasteiger partial charge in [-0.05, 0) is 49.2 Å². The summed E-state index contributed by atoms with van der Waals surface area (Å²) >= 11 is 0. The Balaban J connectivity index is 1.45. The number of benzene rings is 1. The Morgan fingerprint density at radius 3 is 2.63 bits per heavy atom. The lowest BCUT2D eigenvalue weighted by Gasteiger charge is -2.26. The molecule has 0 aliphatic carbocycles. The van der Waals surface area contributed by atoms with Crippen molar-refractivity contribution >= 4 is 16.7 Å². The third kappa shape index (κ3) is 4.83. The van der Waals surface area contributed by atoms with Crippen LogP contribution in [-0.2, 0) is 4.74 Å². The second kappa shape index (κ2) is 9.78. The lowest BCUT2D eigenvalue weighted by Crippen LogP contribution is -2.36. The van der Waals surface area contributed by atoms with Crippen molar-refractivity contribution in [1.82, 2.24) is 14.9 Å². The Kier molecular flexibility index (Phi) is 6.67. The number of methoxy groups -OCH3 is 1. The zero-order valence-electron chi connectivity index (χ0n) is 17.3. The van der Waals surface area contributed by atoms with Gasteiger partial charge in [0.1, 0.15) is 11.4 Å². The van der Waals surface area contributed by atoms with Crippen molar-refractivity contribution in [2.75, 3.05) is 40.0 Å². The molecule has 0 atom stereocenters. The SMILES string of the molecule is COc1ccc(-c2cncc3ccc(C(=O)CCCCN4CCOCC4)nc23)cc1. The van der Waals surface area contributed by atoms with Gasteiger partial charge in [0.2, 0.25) is 0 Å². The Labute approximate surface area is 176 Å². The van der Waals surface area contributed by atoms with E-state index < -0.39 is 0 Å². The van der Waals surface area contributed by atoms with E-state index in [4.69, 9.17) is 14.5 Å². The highest BCUT2D eigenvalue weighted by Crippen LogP contribution is 2.28. The molecule has 0 spiro atoms. The van der Waals surface area contributed by atoms with Gasteiger partial charge in [-0.1, -0.05) is 12.1 Å². The molecule has 1 aliphatic heterocycles. The smallest absolute Gasteiger partial charge is 0.181 e. The van der Waals surface area contributed by atoms with Crippen LogP contribution in [0.15, 0.2) is 48.8 Å². The fraction of sp³-hybridized carbons (Fsp3) is 0.375. The highest BCUT2D eigenvalue weighted by Gasteiger charge is 2.13. The molecule has 156 valence electrons. The predicted octanol–water partition coefficient (Wildman–Crippen LogP) is 3.99. The number of morpholine rings is 1. The number of aromatic nitrogens is 2. The van der Waals surface area contributed by atoms with E-state index in [2.05, 4.69) is 9.88 Å². The molecular weight excluding hydrogens is 378 g/mol. The number of ketones is 1. The lowest BCUT2D eigenvalue weighted by molar-refractivity contribution is 0.0371. The lowest BCUT2D eigenvalue weighted by atomic mass is 10.0. The van der Waals surface area contributed by atoms with Crippen molar-refractivity contribution in [3.8, 4) is 16.9 Å². The van der Waals surface area contributed by atoms with Gasteiger partial charge in [0.05, 0.1) is 25.8 Å². The van der Waals surface area contributed by atoms with Gasteiger partial charge in [0.25, 0.3) is 0 Å². The summed E-state index contributed by atoms with van der Waals surface area (Å²) in [5.41, 5.74) is 3.23. The van der Waals surface area contributed by atoms with E-state index in [0.29, 0.717) is 12.1 Å². The minimum absolute atomic E-state index is 0.0939. The first-order valence-electron chi connectivity index (χ1n) is 10.5. The molecule has 6 nitrogen and oxygen atoms in total. The summed E-state index contributed by atoms with van der Waals surface area (Å²) < 4.78 is 10.6. The van der Waals surface area contributed by atoms with Gasteiger partial charge in [-0.25, -0.2) is 4.98 Å². The zero-order chi connectivity index (χ0) is 20.8. The summed E-state index contributed by atoms with van der Waals surface area (Å²) in [4.78, 5) is 24.2. The average Bonchev–Trinajstić information content (AvgIpc) is 2.81. The highest BCUT2D eigenvalue weighted by molar-refractivity contribution is 5.99. The fourth-order valence-electron chi connectivity index (χ4n) is 3.75. The van der Waals surface area contributed by atoms with E-state index >= 15 is 0 Å². The predicted molar refractivity (Wildman–Crippen MR) is 117 cm³/mol. The molecule has 1 fully saturated rings. The number of unbranched alkanes of at least 4 members (excludes halogenated alkanes) is 1. The first kappa shape index (κ1) is 20.4. The average molecular weight is 405 g/mol. The summed E-state index contributed by atoms with van der Waals surface area (Å²) in [6, 6.07) is 11.5. The number of pyridine rings is 2. The molecule has 1 aliphatic rings. The maximum absolute atomic E-state index is 12.7. The minimum Gasteiger partial charge on any atom is -0.497 e. The highest BCUT2D eigenvalue weighted by atomic mass is 16.5. The normalized spacial score (nSPS) is 14.7. The van der Waals surface area contributed by atoms with Crippen LogP contribution in [0.3, 0.4) is 0 Å². The molecule has 4 rings (SSSR count). The zero-order valence-corrected chi connectivity index (χ0v) is 17.3. The third-order valence-electron chi connectivity index (χ3n) is 5.52. The quantitative estimate of drug-likeness (QED) is 0.417. The Morgan fingerprint density at radius 2 is 1.87 bits per heavy atom. The molecule has 2 aromatic heterocycles. The van der Waals surface area contributed by atoms with Gasteiger partial charge in [0.15, 0.2) is 5.78 Å². The van der Waals surface area contributed by atoms with E-state index in [1.165, 1.54) is 0 Å². The topological polar surface area (TPSA) is 64.5 Å². The van der Waals surface area contributed by atoms with Crippen LogP contribution in [0.2, 0.25) is 0 Å². The van der Waals surface area contributed by atoms with E-state index in [0.717, 1.165) is 73.5 Å². The molecule has 0 bridgehead atoms. The Morgan fingerprint density at radius 1 is 1.07 bits per heavy atom. The molecule has 1 aromatic carbocycles. The van der Waals surface area contributed by atoms with Crippen LogP contribution in [0.25, 0.3) is 22.0 Å². The van der Waals surface area contributed by atoms with Crippen LogP contribution in [0.5, 0.6) is 5.75 Å². The number of fused-ring (bicyclic) bond motifs is 1. The molecule has 3 aromatic rings. The molecule has 0 radical (unpaired) electrons. The second-order valence-corrected chi connectivity index (χ2v) is 7.52. The molecule has 1 saturated heterocycles. The van der Waals surface area contributed by atoms with Gasteiger partial charge < -0.3 is 9.47 Å². The summed E-state index contributed by atoms with van der Waals surface area (Å²) in [5, 5.41) is 0.923. The maximum Gasteiger partial charge on any atom is 0.181 e. The molecule has 6 heteroatoms. The van der Waals surface area contributed by atoms with E-state index in [-0.39, 0.29) is 5.78 Å². The molecule has 0 amide bonds. The Bertz CT molecular complexity index is 998. The number of ether oxygens (including phenoxy) is 2. The molecule has 0 N–H and O–H groups in total. The first-order chi connectivity index (χ1) is 14.7. The van der Waals surface area contributed by atoms with Crippen molar-refractivity contribution < 1.29 is 14.3 Å². The summed E-state index contributed by atoms with van der Waals surface area (Å²) in [6.07, 6.45) is 5.99. The van der Waals surface area contributed by atoms with Gasteiger partial charge in [-0.3, -0.25) is 14.7 Å². The maximum atomic E-state index is 12.7. The van der Waals surface area contributed by atoms with Crippen LogP contribution >= 0.6 is 0 Å². The van der Waals surface area contributed by atoms with Crippen molar-refractivity contribution in [3.63, 3.8) is 0 Å². The van der Waals surface area contributed by atoms with E-state index in [9.17, 15) is 4.79 Å². The second-order valence-electron chi connectivity index (χ2n) is 7.52. The third-order valence-corrected chi connectivity index (χ3v) is 5.52. The van der Waals surface area contributed by atoms with E-state index in [1.807, 2.05) is 36.4 Å². The number of hydrogen-bond acceptors (Lipinski definition) is 6. The summed E-state index contributed by atoms with van der Waals surface area (Å²) in [7, 11) is 1.65. The monoisotopic (exact) mass is 405 g/mol. The number of hydrogen-bond donors (Lipinski definition) is 0. The van der Waals surface area contributed by atoms with Crippen LogP contribution in [0.1, 0.15) is 29.8 Å². The number of carbonyl (C=O) groups is 1. The number of nitrogens with zero attached hydrogens (tertiary/aromatic N) is 3. The van der Waals surface area contributed by atoms with Gasteiger partial charge in [-0.2, -0.15) is 0 Å². The molecule has 0 unspecified atom stereocenters. The van der Waals surface area contributed by atoms with Gasteiger partial charge in [0, 0.05) is 42.9 Å². The summed E-state index contributed by atoms with van der Waals surface area (Å²) in [6.45, 7) is 4.62. The van der Waals surface area contributed by atoms with Crippen molar-refractivity contribution in [2.45, 2.75) is 19.3 Å². The standard InChI is InChI=1S/C24H27N3O3/c1-29-20-8-5-18(6-9-20)21-17-25-16-19-7-10-22(26-24(19)21)23(28)4-2-3-11-27-12-14-30-15-13-27/h5-10,16-17H,2-4,11-15H2,1H3. The van der Waals surface area contributed by atoms with Crippen LogP contribution < -0.4 is 4.74 Å². The molecule has 30 heavy (non-hydrogen) atoms. The number of Topliss-reactive ketones (excluding diaryl/α,β-unsaturated/α-hetero) is 1. The molecular formula is C24H27N3O3. The van der Waals surface area contributed by atoms with Crippen LogP contribution in [0.4, 0.5) is 0 Å². The van der Waals surface area contributed by atoms with Crippen LogP contribution in [0, 0.1) is 0 Å². The summed E-state index contributed by atoms with van der Waals surface area (Å²) in [5.74, 6) is 0.893. The van der Waals surface area contributed by atoms with Gasteiger partial charge in [-0.15, -0.1) is 0 Å². The number of carbonyl (C=O) groups excluding carboxylic acids is 1. The van der Waals surface area contributed by atoms with Gasteiger partial charge >= 0.3 is 0 Å². The van der Waals surface area contributed by atoms with Crippen molar-refractivity contribution in [3.05, 3.63) is 54.5 Å². The first-order valence-corrected chi connectivity index (χ1v) is 10.5. The van der Waals surface area contributed by atoms with Crippen molar-refractivity contribution in [1.29, 1.82) is 0 Å². The Hall–Kier alpha value is -2.83. The van der Waals surface area contributed by atoms with Crippen LogP contribution in [-0.4, -0.2) is 60.6 Å². The largest absolute Gasteiger partial charge is 0.497 e. The number of rotatable bonds is 8. The molecule has 0 saturated carbocycles. The fourth-order valence-corrected chi connectivity index (χ4v) is 3.75. The van der Waals surface area contributed by atoms with E-state index in [1.54, 1.807) is 19.5 Å². The van der Waals surface area contributed by atoms with Crippen molar-refractivity contribution in [2.24, 2.45) is 0 Å². The molecule has 3 heterocycles. The minimum atomic E-state index is 0.0939.